The van der Waals surface area contributed by atoms with Crippen LogP contribution in [-0.2, 0) is 9.59 Å². The van der Waals surface area contributed by atoms with Crippen molar-refractivity contribution in [2.45, 2.75) is 37.5 Å². The highest BCUT2D eigenvalue weighted by atomic mass is 32.2. The number of carbonyl (C=O) groups excluding carboxylic acids is 2. The first-order valence-corrected chi connectivity index (χ1v) is 11.1. The van der Waals surface area contributed by atoms with Crippen LogP contribution in [0, 0.1) is 5.92 Å². The molecule has 1 saturated heterocycles. The molecule has 0 unspecified atom stereocenters. The molecule has 1 fully saturated rings. The Kier molecular flexibility index (Phi) is 7.48. The van der Waals surface area contributed by atoms with Crippen molar-refractivity contribution in [1.82, 2.24) is 9.80 Å². The highest BCUT2D eigenvalue weighted by Gasteiger charge is 2.28. The van der Waals surface area contributed by atoms with Gasteiger partial charge in [-0.3, -0.25) is 9.59 Å². The van der Waals surface area contributed by atoms with Gasteiger partial charge in [0.2, 0.25) is 11.8 Å². The van der Waals surface area contributed by atoms with Gasteiger partial charge in [-0.05, 0) is 37.5 Å². The summed E-state index contributed by atoms with van der Waals surface area (Å²) in [6.07, 6.45) is 3.65. The summed E-state index contributed by atoms with van der Waals surface area (Å²) >= 11 is 1.51. The first kappa shape index (κ1) is 20.8. The maximum atomic E-state index is 12.6. The van der Waals surface area contributed by atoms with E-state index < -0.39 is 0 Å². The fourth-order valence-corrected chi connectivity index (χ4v) is 4.37. The summed E-state index contributed by atoms with van der Waals surface area (Å²) in [7, 11) is 1.89. The molecule has 2 heterocycles. The Morgan fingerprint density at radius 1 is 1.18 bits per heavy atom. The number of amides is 2. The summed E-state index contributed by atoms with van der Waals surface area (Å²) in [6, 6.07) is 5.79. The number of piperidine rings is 1. The molecule has 0 aromatic heterocycles. The van der Waals surface area contributed by atoms with E-state index in [4.69, 9.17) is 9.47 Å². The van der Waals surface area contributed by atoms with Crippen LogP contribution in [-0.4, -0.2) is 67.3 Å². The molecule has 0 atom stereocenters. The average Bonchev–Trinajstić information content (AvgIpc) is 2.75. The predicted molar refractivity (Wildman–Crippen MR) is 110 cm³/mol. The van der Waals surface area contributed by atoms with E-state index in [-0.39, 0.29) is 17.7 Å². The maximum absolute atomic E-state index is 12.6. The number of unbranched alkanes of at least 4 members (excludes halogenated alkanes) is 1. The van der Waals surface area contributed by atoms with E-state index in [1.54, 1.807) is 0 Å². The molecule has 2 amide bonds. The minimum Gasteiger partial charge on any atom is -0.486 e. The second-order valence-electron chi connectivity index (χ2n) is 7.36. The van der Waals surface area contributed by atoms with Gasteiger partial charge in [-0.2, -0.15) is 0 Å². The summed E-state index contributed by atoms with van der Waals surface area (Å²) in [5.41, 5.74) is 0. The quantitative estimate of drug-likeness (QED) is 0.652. The molecule has 1 aromatic carbocycles. The van der Waals surface area contributed by atoms with E-state index in [0.717, 1.165) is 48.6 Å². The lowest BCUT2D eigenvalue weighted by Crippen LogP contribution is -2.44. The van der Waals surface area contributed by atoms with Gasteiger partial charge in [0.05, 0.1) is 5.75 Å². The van der Waals surface area contributed by atoms with Crippen LogP contribution < -0.4 is 9.47 Å². The number of hydrogen-bond acceptors (Lipinski definition) is 5. The van der Waals surface area contributed by atoms with Crippen LogP contribution in [0.1, 0.15) is 32.6 Å². The number of rotatable bonds is 7. The molecular weight excluding hydrogens is 376 g/mol. The Morgan fingerprint density at radius 2 is 1.89 bits per heavy atom. The molecule has 0 radical (unpaired) electrons. The van der Waals surface area contributed by atoms with Gasteiger partial charge in [0, 0.05) is 37.5 Å². The third-order valence-corrected chi connectivity index (χ3v) is 6.27. The highest BCUT2D eigenvalue weighted by molar-refractivity contribution is 8.00. The molecule has 0 aliphatic carbocycles. The van der Waals surface area contributed by atoms with Gasteiger partial charge in [0.15, 0.2) is 11.5 Å². The van der Waals surface area contributed by atoms with Crippen molar-refractivity contribution >= 4 is 23.6 Å². The van der Waals surface area contributed by atoms with Gasteiger partial charge in [-0.25, -0.2) is 0 Å². The molecule has 28 heavy (non-hydrogen) atoms. The summed E-state index contributed by atoms with van der Waals surface area (Å²) in [5.74, 6) is 2.31. The molecule has 6 nitrogen and oxygen atoms in total. The zero-order valence-electron chi connectivity index (χ0n) is 16.8. The highest BCUT2D eigenvalue weighted by Crippen LogP contribution is 2.34. The Labute approximate surface area is 171 Å². The largest absolute Gasteiger partial charge is 0.486 e. The van der Waals surface area contributed by atoms with Crippen LogP contribution in [0.4, 0.5) is 0 Å². The zero-order chi connectivity index (χ0) is 19.9. The van der Waals surface area contributed by atoms with Gasteiger partial charge >= 0.3 is 0 Å². The van der Waals surface area contributed by atoms with Gasteiger partial charge in [0.1, 0.15) is 13.2 Å². The van der Waals surface area contributed by atoms with Crippen molar-refractivity contribution in [2.75, 3.05) is 45.6 Å². The SMILES string of the molecule is CCCCN(C)C(=O)C1CCN(C(=O)CSc2ccc3c(c2)OCCO3)CC1. The molecule has 0 saturated carbocycles. The summed E-state index contributed by atoms with van der Waals surface area (Å²) < 4.78 is 11.1. The molecule has 7 heteroatoms. The zero-order valence-corrected chi connectivity index (χ0v) is 17.6. The number of benzene rings is 1. The van der Waals surface area contributed by atoms with Crippen LogP contribution in [0.5, 0.6) is 11.5 Å². The molecule has 2 aliphatic heterocycles. The van der Waals surface area contributed by atoms with E-state index in [1.807, 2.05) is 35.0 Å². The van der Waals surface area contributed by atoms with Crippen molar-refractivity contribution in [3.8, 4) is 11.5 Å². The normalized spacial score (nSPS) is 16.7. The van der Waals surface area contributed by atoms with Crippen LogP contribution >= 0.6 is 11.8 Å². The molecule has 3 rings (SSSR count). The molecule has 0 bridgehead atoms. The van der Waals surface area contributed by atoms with E-state index in [2.05, 4.69) is 6.92 Å². The number of carbonyl (C=O) groups is 2. The second kappa shape index (κ2) is 10.0. The Balaban J connectivity index is 1.43. The topological polar surface area (TPSA) is 59.1 Å². The fourth-order valence-electron chi connectivity index (χ4n) is 3.54. The minimum absolute atomic E-state index is 0.0522. The van der Waals surface area contributed by atoms with Crippen molar-refractivity contribution in [3.63, 3.8) is 0 Å². The van der Waals surface area contributed by atoms with Crippen molar-refractivity contribution < 1.29 is 19.1 Å². The first-order valence-electron chi connectivity index (χ1n) is 10.1. The number of nitrogens with zero attached hydrogens (tertiary/aromatic N) is 2. The maximum Gasteiger partial charge on any atom is 0.232 e. The van der Waals surface area contributed by atoms with Gasteiger partial charge in [-0.1, -0.05) is 13.3 Å². The molecule has 0 spiro atoms. The van der Waals surface area contributed by atoms with Crippen LogP contribution in [0.25, 0.3) is 0 Å². The van der Waals surface area contributed by atoms with E-state index >= 15 is 0 Å². The lowest BCUT2D eigenvalue weighted by atomic mass is 9.95. The number of ether oxygens (including phenoxy) is 2. The second-order valence-corrected chi connectivity index (χ2v) is 8.41. The van der Waals surface area contributed by atoms with Crippen molar-refractivity contribution in [1.29, 1.82) is 0 Å². The molecule has 1 aromatic rings. The lowest BCUT2D eigenvalue weighted by Gasteiger charge is -2.33. The number of fused-ring (bicyclic) bond motifs is 1. The molecule has 2 aliphatic rings. The van der Waals surface area contributed by atoms with Gasteiger partial charge in [0.25, 0.3) is 0 Å². The average molecular weight is 407 g/mol. The van der Waals surface area contributed by atoms with Crippen molar-refractivity contribution in [2.24, 2.45) is 5.92 Å². The Bertz CT molecular complexity index is 689. The van der Waals surface area contributed by atoms with Crippen LogP contribution in [0.15, 0.2) is 23.1 Å². The standard InChI is InChI=1S/C21H30N2O4S/c1-3-4-9-22(2)21(25)16-7-10-23(11-8-16)20(24)15-28-17-5-6-18-19(14-17)27-13-12-26-18/h5-6,14,16H,3-4,7-13,15H2,1-2H3. The Morgan fingerprint density at radius 3 is 2.61 bits per heavy atom. The monoisotopic (exact) mass is 406 g/mol. The van der Waals surface area contributed by atoms with Crippen molar-refractivity contribution in [3.05, 3.63) is 18.2 Å². The minimum atomic E-state index is 0.0522. The summed E-state index contributed by atoms with van der Waals surface area (Å²) in [5, 5.41) is 0. The third-order valence-electron chi connectivity index (χ3n) is 5.30. The number of likely N-dealkylation sites (tertiary alicyclic amines) is 1. The van der Waals surface area contributed by atoms with Crippen LogP contribution in [0.2, 0.25) is 0 Å². The Hall–Kier alpha value is -1.89. The summed E-state index contributed by atoms with van der Waals surface area (Å²) in [4.78, 5) is 29.8. The van der Waals surface area contributed by atoms with Crippen LogP contribution in [0.3, 0.4) is 0 Å². The van der Waals surface area contributed by atoms with E-state index in [0.29, 0.717) is 32.1 Å². The predicted octanol–water partition coefficient (Wildman–Crippen LogP) is 3.05. The molecule has 154 valence electrons. The molecule has 0 N–H and O–H groups in total. The van der Waals surface area contributed by atoms with E-state index in [1.165, 1.54) is 11.8 Å². The lowest BCUT2D eigenvalue weighted by molar-refractivity contribution is -0.138. The molecular formula is C21H30N2O4S. The van der Waals surface area contributed by atoms with Gasteiger partial charge in [-0.15, -0.1) is 11.8 Å². The summed E-state index contributed by atoms with van der Waals surface area (Å²) in [6.45, 7) is 5.41. The third kappa shape index (κ3) is 5.34. The number of thioether (sulfide) groups is 1. The first-order chi connectivity index (χ1) is 13.6. The van der Waals surface area contributed by atoms with Gasteiger partial charge < -0.3 is 19.3 Å². The fraction of sp³-hybridized carbons (Fsp3) is 0.619. The van der Waals surface area contributed by atoms with E-state index in [9.17, 15) is 9.59 Å². The smallest absolute Gasteiger partial charge is 0.232 e. The number of hydrogen-bond donors (Lipinski definition) is 0.